The second-order valence-electron chi connectivity index (χ2n) is 4.72. The highest BCUT2D eigenvalue weighted by molar-refractivity contribution is 9.10. The number of halogens is 1. The zero-order chi connectivity index (χ0) is 13.8. The maximum absolute atomic E-state index is 11.9. The highest BCUT2D eigenvalue weighted by Crippen LogP contribution is 2.27. The molecule has 6 heteroatoms. The van der Waals surface area contributed by atoms with Gasteiger partial charge in [0.1, 0.15) is 0 Å². The second kappa shape index (κ2) is 6.14. The van der Waals surface area contributed by atoms with Crippen molar-refractivity contribution in [3.05, 3.63) is 38.3 Å². The van der Waals surface area contributed by atoms with Gasteiger partial charge < -0.3 is 5.32 Å². The van der Waals surface area contributed by atoms with E-state index in [1.54, 1.807) is 6.07 Å². The predicted molar refractivity (Wildman–Crippen MR) is 74.9 cm³/mol. The summed E-state index contributed by atoms with van der Waals surface area (Å²) in [5.74, 6) is 0.0445. The first kappa shape index (κ1) is 14.0. The lowest BCUT2D eigenvalue weighted by Crippen LogP contribution is -2.30. The van der Waals surface area contributed by atoms with E-state index in [1.165, 1.54) is 12.1 Å². The summed E-state index contributed by atoms with van der Waals surface area (Å²) in [6.07, 6.45) is 3.54. The fourth-order valence-corrected chi connectivity index (χ4v) is 2.81. The Morgan fingerprint density at radius 2 is 2.21 bits per heavy atom. The number of carbonyl (C=O) groups is 1. The van der Waals surface area contributed by atoms with Gasteiger partial charge in [-0.15, -0.1) is 0 Å². The number of nitrogens with zero attached hydrogens (tertiary/aromatic N) is 1. The summed E-state index contributed by atoms with van der Waals surface area (Å²) in [7, 11) is 0. The fourth-order valence-electron chi connectivity index (χ4n) is 2.28. The van der Waals surface area contributed by atoms with Crippen LogP contribution in [0.25, 0.3) is 0 Å². The SMILES string of the molecule is O=C1NCCCCC1Cc1ccc([N+](=O)[O-])cc1Br. The first-order valence-corrected chi connectivity index (χ1v) is 7.08. The molecule has 0 aromatic heterocycles. The van der Waals surface area contributed by atoms with E-state index in [-0.39, 0.29) is 17.5 Å². The number of amides is 1. The van der Waals surface area contributed by atoms with Crippen molar-refractivity contribution in [3.63, 3.8) is 0 Å². The minimum atomic E-state index is -0.424. The molecule has 2 rings (SSSR count). The Kier molecular flexibility index (Phi) is 4.52. The monoisotopic (exact) mass is 326 g/mol. The second-order valence-corrected chi connectivity index (χ2v) is 5.58. The van der Waals surface area contributed by atoms with Crippen molar-refractivity contribution < 1.29 is 9.72 Å². The summed E-state index contributed by atoms with van der Waals surface area (Å²) in [6, 6.07) is 4.69. The maximum atomic E-state index is 11.9. The average Bonchev–Trinajstić information content (AvgIpc) is 2.57. The molecule has 1 unspecified atom stereocenters. The van der Waals surface area contributed by atoms with Gasteiger partial charge in [0.2, 0.25) is 5.91 Å². The number of nitrogens with one attached hydrogen (secondary N) is 1. The largest absolute Gasteiger partial charge is 0.356 e. The number of rotatable bonds is 3. The summed E-state index contributed by atoms with van der Waals surface area (Å²) < 4.78 is 0.693. The van der Waals surface area contributed by atoms with Crippen LogP contribution < -0.4 is 5.32 Å². The molecule has 19 heavy (non-hydrogen) atoms. The van der Waals surface area contributed by atoms with Crippen LogP contribution >= 0.6 is 15.9 Å². The van der Waals surface area contributed by atoms with E-state index in [1.807, 2.05) is 0 Å². The summed E-state index contributed by atoms with van der Waals surface area (Å²) in [4.78, 5) is 22.1. The number of benzene rings is 1. The van der Waals surface area contributed by atoms with Crippen molar-refractivity contribution in [3.8, 4) is 0 Å². The van der Waals surface area contributed by atoms with Crippen LogP contribution in [0.1, 0.15) is 24.8 Å². The molecular formula is C13H15BrN2O3. The van der Waals surface area contributed by atoms with Crippen LogP contribution in [0.5, 0.6) is 0 Å². The van der Waals surface area contributed by atoms with E-state index < -0.39 is 4.92 Å². The van der Waals surface area contributed by atoms with Gasteiger partial charge >= 0.3 is 0 Å². The van der Waals surface area contributed by atoms with Gasteiger partial charge in [0.05, 0.1) is 4.92 Å². The average molecular weight is 327 g/mol. The molecule has 1 saturated heterocycles. The number of carbonyl (C=O) groups excluding carboxylic acids is 1. The molecular weight excluding hydrogens is 312 g/mol. The smallest absolute Gasteiger partial charge is 0.270 e. The minimum absolute atomic E-state index is 0.0414. The molecule has 1 N–H and O–H groups in total. The Morgan fingerprint density at radius 1 is 1.42 bits per heavy atom. The zero-order valence-electron chi connectivity index (χ0n) is 10.4. The van der Waals surface area contributed by atoms with Crippen LogP contribution in [0.2, 0.25) is 0 Å². The summed E-state index contributed by atoms with van der Waals surface area (Å²) in [5.41, 5.74) is 0.994. The van der Waals surface area contributed by atoms with Gasteiger partial charge in [0, 0.05) is 29.1 Å². The van der Waals surface area contributed by atoms with Crippen LogP contribution in [0, 0.1) is 16.0 Å². The number of hydrogen-bond donors (Lipinski definition) is 1. The molecule has 1 aromatic carbocycles. The van der Waals surface area contributed by atoms with Crippen molar-refractivity contribution in [1.82, 2.24) is 5.32 Å². The molecule has 0 aliphatic carbocycles. The van der Waals surface area contributed by atoms with Gasteiger partial charge in [-0.05, 0) is 24.8 Å². The van der Waals surface area contributed by atoms with Crippen LogP contribution in [0.15, 0.2) is 22.7 Å². The van der Waals surface area contributed by atoms with E-state index in [0.29, 0.717) is 10.9 Å². The van der Waals surface area contributed by atoms with E-state index in [9.17, 15) is 14.9 Å². The highest BCUT2D eigenvalue weighted by Gasteiger charge is 2.22. The van der Waals surface area contributed by atoms with Crippen LogP contribution in [-0.2, 0) is 11.2 Å². The number of nitro benzene ring substituents is 1. The molecule has 102 valence electrons. The first-order chi connectivity index (χ1) is 9.08. The van der Waals surface area contributed by atoms with E-state index in [2.05, 4.69) is 21.2 Å². The molecule has 1 amide bonds. The molecule has 1 aliphatic rings. The Morgan fingerprint density at radius 3 is 2.89 bits per heavy atom. The van der Waals surface area contributed by atoms with Crippen LogP contribution in [-0.4, -0.2) is 17.4 Å². The molecule has 1 atom stereocenters. The summed E-state index contributed by atoms with van der Waals surface area (Å²) >= 11 is 3.35. The molecule has 1 aliphatic heterocycles. The van der Waals surface area contributed by atoms with Crippen molar-refractivity contribution in [1.29, 1.82) is 0 Å². The number of non-ortho nitro benzene ring substituents is 1. The van der Waals surface area contributed by atoms with Gasteiger partial charge in [-0.2, -0.15) is 0 Å². The van der Waals surface area contributed by atoms with Crippen molar-refractivity contribution in [2.24, 2.45) is 5.92 Å². The van der Waals surface area contributed by atoms with Gasteiger partial charge in [-0.1, -0.05) is 28.4 Å². The quantitative estimate of drug-likeness (QED) is 0.685. The van der Waals surface area contributed by atoms with E-state index in [0.717, 1.165) is 31.4 Å². The van der Waals surface area contributed by atoms with Crippen molar-refractivity contribution in [2.75, 3.05) is 6.54 Å². The number of hydrogen-bond acceptors (Lipinski definition) is 3. The Labute approximate surface area is 119 Å². The molecule has 1 heterocycles. The van der Waals surface area contributed by atoms with Crippen molar-refractivity contribution in [2.45, 2.75) is 25.7 Å². The Balaban J connectivity index is 2.14. The van der Waals surface area contributed by atoms with Crippen molar-refractivity contribution >= 4 is 27.5 Å². The van der Waals surface area contributed by atoms with Gasteiger partial charge in [0.25, 0.3) is 5.69 Å². The Hall–Kier alpha value is -1.43. The maximum Gasteiger partial charge on any atom is 0.270 e. The third kappa shape index (κ3) is 3.53. The molecule has 0 bridgehead atoms. The molecule has 0 spiro atoms. The molecule has 0 radical (unpaired) electrons. The third-order valence-corrected chi connectivity index (χ3v) is 4.10. The molecule has 1 fully saturated rings. The lowest BCUT2D eigenvalue weighted by Gasteiger charge is -2.14. The molecule has 0 saturated carbocycles. The standard InChI is InChI=1S/C13H15BrN2O3/c14-12-8-11(16(18)19)5-4-9(12)7-10-3-1-2-6-15-13(10)17/h4-5,8,10H,1-3,6-7H2,(H,15,17). The van der Waals surface area contributed by atoms with E-state index in [4.69, 9.17) is 0 Å². The Bertz CT molecular complexity index is 505. The highest BCUT2D eigenvalue weighted by atomic mass is 79.9. The molecule has 5 nitrogen and oxygen atoms in total. The van der Waals surface area contributed by atoms with Crippen LogP contribution in [0.4, 0.5) is 5.69 Å². The van der Waals surface area contributed by atoms with Crippen LogP contribution in [0.3, 0.4) is 0 Å². The van der Waals surface area contributed by atoms with Gasteiger partial charge in [-0.25, -0.2) is 0 Å². The lowest BCUT2D eigenvalue weighted by atomic mass is 9.94. The lowest BCUT2D eigenvalue weighted by molar-refractivity contribution is -0.384. The summed E-state index contributed by atoms with van der Waals surface area (Å²) in [6.45, 7) is 0.747. The topological polar surface area (TPSA) is 72.2 Å². The number of nitro groups is 1. The summed E-state index contributed by atoms with van der Waals surface area (Å²) in [5, 5.41) is 13.6. The minimum Gasteiger partial charge on any atom is -0.356 e. The first-order valence-electron chi connectivity index (χ1n) is 6.28. The third-order valence-electron chi connectivity index (χ3n) is 3.36. The van der Waals surface area contributed by atoms with Gasteiger partial charge in [-0.3, -0.25) is 14.9 Å². The zero-order valence-corrected chi connectivity index (χ0v) is 12.0. The van der Waals surface area contributed by atoms with Gasteiger partial charge in [0.15, 0.2) is 0 Å². The normalized spacial score (nSPS) is 19.6. The fraction of sp³-hybridized carbons (Fsp3) is 0.462. The molecule has 1 aromatic rings. The van der Waals surface area contributed by atoms with E-state index >= 15 is 0 Å². The predicted octanol–water partition coefficient (Wildman–Crippen LogP) is 2.82.